The summed E-state index contributed by atoms with van der Waals surface area (Å²) in [4.78, 5) is 0. The fourth-order valence-electron chi connectivity index (χ4n) is 1.57. The monoisotopic (exact) mass is 207 g/mol. The molecular formula is C13H21NO. The van der Waals surface area contributed by atoms with Gasteiger partial charge in [-0.15, -0.1) is 0 Å². The maximum Gasteiger partial charge on any atom is 0.0556 e. The normalized spacial score (nSPS) is 13.1. The van der Waals surface area contributed by atoms with Crippen molar-refractivity contribution in [2.45, 2.75) is 32.7 Å². The summed E-state index contributed by atoms with van der Waals surface area (Å²) in [6, 6.07) is 8.97. The highest BCUT2D eigenvalue weighted by Gasteiger charge is 2.04. The zero-order chi connectivity index (χ0) is 11.3. The summed E-state index contributed by atoms with van der Waals surface area (Å²) in [7, 11) is 0. The largest absolute Gasteiger partial charge is 0.395 e. The van der Waals surface area contributed by atoms with Crippen LogP contribution in [0, 0.1) is 0 Å². The highest BCUT2D eigenvalue weighted by molar-refractivity contribution is 5.26. The Morgan fingerprint density at radius 1 is 1.07 bits per heavy atom. The van der Waals surface area contributed by atoms with Crippen LogP contribution in [0.15, 0.2) is 24.3 Å². The molecule has 0 saturated carbocycles. The molecule has 2 heteroatoms. The van der Waals surface area contributed by atoms with Crippen molar-refractivity contribution in [1.29, 1.82) is 0 Å². The van der Waals surface area contributed by atoms with E-state index in [0.717, 1.165) is 0 Å². The summed E-state index contributed by atoms with van der Waals surface area (Å²) in [5, 5.41) is 12.0. The Labute approximate surface area is 92.3 Å². The van der Waals surface area contributed by atoms with Crippen LogP contribution in [0.5, 0.6) is 0 Å². The molecule has 1 atom stereocenters. The Hall–Kier alpha value is -0.860. The van der Waals surface area contributed by atoms with Crippen LogP contribution < -0.4 is 5.32 Å². The van der Waals surface area contributed by atoms with Crippen LogP contribution in [0.4, 0.5) is 0 Å². The molecule has 1 aromatic rings. The summed E-state index contributed by atoms with van der Waals surface area (Å²) in [6.07, 6.45) is 0. The summed E-state index contributed by atoms with van der Waals surface area (Å²) in [5.41, 5.74) is 2.64. The predicted molar refractivity (Wildman–Crippen MR) is 64.0 cm³/mol. The van der Waals surface area contributed by atoms with Gasteiger partial charge >= 0.3 is 0 Å². The van der Waals surface area contributed by atoms with Crippen LogP contribution in [0.1, 0.15) is 43.9 Å². The van der Waals surface area contributed by atoms with Gasteiger partial charge in [0.2, 0.25) is 0 Å². The first-order valence-electron chi connectivity index (χ1n) is 5.59. The van der Waals surface area contributed by atoms with Crippen LogP contribution in [0.2, 0.25) is 0 Å². The van der Waals surface area contributed by atoms with Gasteiger partial charge in [0.05, 0.1) is 6.61 Å². The Morgan fingerprint density at radius 2 is 1.60 bits per heavy atom. The van der Waals surface area contributed by atoms with Gasteiger partial charge in [0.25, 0.3) is 0 Å². The minimum absolute atomic E-state index is 0.189. The van der Waals surface area contributed by atoms with Crippen molar-refractivity contribution in [1.82, 2.24) is 5.32 Å². The average Bonchev–Trinajstić information content (AvgIpc) is 2.26. The molecule has 0 heterocycles. The number of benzene rings is 1. The fraction of sp³-hybridized carbons (Fsp3) is 0.538. The number of aliphatic hydroxyl groups is 1. The quantitative estimate of drug-likeness (QED) is 0.777. The number of hydrogen-bond acceptors (Lipinski definition) is 2. The number of nitrogens with one attached hydrogen (secondary N) is 1. The molecule has 0 bridgehead atoms. The van der Waals surface area contributed by atoms with Gasteiger partial charge in [-0.05, 0) is 24.0 Å². The van der Waals surface area contributed by atoms with Crippen molar-refractivity contribution >= 4 is 0 Å². The molecule has 0 fully saturated rings. The fourth-order valence-corrected chi connectivity index (χ4v) is 1.57. The highest BCUT2D eigenvalue weighted by Crippen LogP contribution is 2.18. The molecule has 0 aliphatic rings. The van der Waals surface area contributed by atoms with Crippen molar-refractivity contribution < 1.29 is 5.11 Å². The van der Waals surface area contributed by atoms with Crippen molar-refractivity contribution in [3.8, 4) is 0 Å². The highest BCUT2D eigenvalue weighted by atomic mass is 16.3. The van der Waals surface area contributed by atoms with Crippen LogP contribution in [-0.2, 0) is 0 Å². The molecule has 0 spiro atoms. The van der Waals surface area contributed by atoms with Gasteiger partial charge in [-0.3, -0.25) is 0 Å². The van der Waals surface area contributed by atoms with E-state index in [2.05, 4.69) is 50.4 Å². The van der Waals surface area contributed by atoms with Gasteiger partial charge in [-0.25, -0.2) is 0 Å². The van der Waals surface area contributed by atoms with Crippen LogP contribution >= 0.6 is 0 Å². The van der Waals surface area contributed by atoms with E-state index >= 15 is 0 Å². The topological polar surface area (TPSA) is 32.3 Å². The third kappa shape index (κ3) is 3.65. The minimum atomic E-state index is 0.189. The van der Waals surface area contributed by atoms with Crippen LogP contribution in [0.25, 0.3) is 0 Å². The van der Waals surface area contributed by atoms with Gasteiger partial charge in [0.15, 0.2) is 0 Å². The molecule has 0 radical (unpaired) electrons. The van der Waals surface area contributed by atoms with E-state index in [0.29, 0.717) is 18.5 Å². The first kappa shape index (κ1) is 12.2. The van der Waals surface area contributed by atoms with Crippen molar-refractivity contribution in [2.24, 2.45) is 0 Å². The Morgan fingerprint density at radius 3 is 2.07 bits per heavy atom. The third-order valence-electron chi connectivity index (χ3n) is 2.67. The summed E-state index contributed by atoms with van der Waals surface area (Å²) >= 11 is 0. The molecule has 0 amide bonds. The molecule has 2 N–H and O–H groups in total. The Bertz CT molecular complexity index is 279. The molecule has 1 rings (SSSR count). The van der Waals surface area contributed by atoms with Crippen LogP contribution in [0.3, 0.4) is 0 Å². The van der Waals surface area contributed by atoms with E-state index in [1.54, 1.807) is 0 Å². The number of hydrogen-bond donors (Lipinski definition) is 2. The zero-order valence-corrected chi connectivity index (χ0v) is 9.83. The average molecular weight is 207 g/mol. The summed E-state index contributed by atoms with van der Waals surface area (Å²) in [5.74, 6) is 0.583. The Kier molecular flexibility index (Phi) is 4.79. The smallest absolute Gasteiger partial charge is 0.0556 e. The lowest BCUT2D eigenvalue weighted by Crippen LogP contribution is -2.22. The third-order valence-corrected chi connectivity index (χ3v) is 2.67. The van der Waals surface area contributed by atoms with E-state index in [4.69, 9.17) is 5.11 Å². The lowest BCUT2D eigenvalue weighted by Gasteiger charge is -2.14. The van der Waals surface area contributed by atoms with E-state index in [9.17, 15) is 0 Å². The zero-order valence-electron chi connectivity index (χ0n) is 9.83. The van der Waals surface area contributed by atoms with E-state index < -0.39 is 0 Å². The Balaban J connectivity index is 2.62. The molecule has 1 aromatic carbocycles. The van der Waals surface area contributed by atoms with Crippen LogP contribution in [-0.4, -0.2) is 18.3 Å². The van der Waals surface area contributed by atoms with Gasteiger partial charge in [-0.1, -0.05) is 38.1 Å². The maximum absolute atomic E-state index is 8.72. The minimum Gasteiger partial charge on any atom is -0.395 e. The molecule has 0 unspecified atom stereocenters. The van der Waals surface area contributed by atoms with Gasteiger partial charge in [0.1, 0.15) is 0 Å². The molecule has 84 valence electrons. The van der Waals surface area contributed by atoms with E-state index in [1.165, 1.54) is 11.1 Å². The molecular weight excluding hydrogens is 186 g/mol. The maximum atomic E-state index is 8.72. The van der Waals surface area contributed by atoms with Gasteiger partial charge < -0.3 is 10.4 Å². The molecule has 0 aromatic heterocycles. The van der Waals surface area contributed by atoms with Crippen molar-refractivity contribution in [3.63, 3.8) is 0 Å². The summed E-state index contributed by atoms with van der Waals surface area (Å²) in [6.45, 7) is 7.34. The molecule has 15 heavy (non-hydrogen) atoms. The van der Waals surface area contributed by atoms with E-state index in [-0.39, 0.29) is 6.61 Å². The lowest BCUT2D eigenvalue weighted by atomic mass is 10.00. The number of aliphatic hydroxyl groups excluding tert-OH is 1. The number of rotatable bonds is 5. The second kappa shape index (κ2) is 5.89. The lowest BCUT2D eigenvalue weighted by molar-refractivity contribution is 0.286. The summed E-state index contributed by atoms with van der Waals surface area (Å²) < 4.78 is 0. The van der Waals surface area contributed by atoms with Crippen molar-refractivity contribution in [3.05, 3.63) is 35.4 Å². The first-order valence-corrected chi connectivity index (χ1v) is 5.59. The molecule has 2 nitrogen and oxygen atoms in total. The molecule has 0 saturated heterocycles. The standard InChI is InChI=1S/C13H21NO/c1-10(2)12-4-6-13(7-5-12)11(3)14-8-9-15/h4-7,10-11,14-15H,8-9H2,1-3H3/t11-/m1/s1. The molecule has 0 aliphatic carbocycles. The predicted octanol–water partition coefficient (Wildman–Crippen LogP) is 2.45. The molecule has 0 aliphatic heterocycles. The first-order chi connectivity index (χ1) is 7.15. The van der Waals surface area contributed by atoms with Gasteiger partial charge in [0, 0.05) is 12.6 Å². The van der Waals surface area contributed by atoms with Crippen molar-refractivity contribution in [2.75, 3.05) is 13.2 Å². The van der Waals surface area contributed by atoms with Gasteiger partial charge in [-0.2, -0.15) is 0 Å². The second-order valence-corrected chi connectivity index (χ2v) is 4.22. The second-order valence-electron chi connectivity index (χ2n) is 4.22. The van der Waals surface area contributed by atoms with E-state index in [1.807, 2.05) is 0 Å². The SMILES string of the molecule is CC(C)c1ccc([C@@H](C)NCCO)cc1.